The summed E-state index contributed by atoms with van der Waals surface area (Å²) < 4.78 is 22.9. The molecule has 28 heavy (non-hydrogen) atoms. The average molecular weight is 542 g/mol. The first-order valence-electron chi connectivity index (χ1n) is 9.60. The molecule has 0 bridgehead atoms. The minimum Gasteiger partial charge on any atom is -0.454 e. The molecule has 3 unspecified atom stereocenters. The van der Waals surface area contributed by atoms with Gasteiger partial charge in [-0.1, -0.05) is 24.9 Å². The minimum absolute atomic E-state index is 0. The van der Waals surface area contributed by atoms with Crippen LogP contribution in [0.5, 0.6) is 11.5 Å². The fourth-order valence-corrected chi connectivity index (χ4v) is 5.18. The molecule has 9 heteroatoms. The molecule has 2 N–H and O–H groups in total. The van der Waals surface area contributed by atoms with Crippen molar-refractivity contribution in [2.75, 3.05) is 19.1 Å². The number of nitrogens with zero attached hydrogens (tertiary/aromatic N) is 1. The first-order chi connectivity index (χ1) is 13.1. The van der Waals surface area contributed by atoms with Crippen LogP contribution < -0.4 is 20.1 Å². The zero-order valence-corrected chi connectivity index (χ0v) is 20.2. The van der Waals surface area contributed by atoms with E-state index >= 15 is 0 Å². The lowest BCUT2D eigenvalue weighted by Gasteiger charge is -2.30. The molecule has 1 aromatic carbocycles. The Labute approximate surface area is 191 Å². The third-order valence-electron chi connectivity index (χ3n) is 4.87. The number of ether oxygens (including phenoxy) is 2. The maximum atomic E-state index is 12.2. The molecule has 0 saturated heterocycles. The van der Waals surface area contributed by atoms with Gasteiger partial charge in [0.1, 0.15) is 0 Å². The van der Waals surface area contributed by atoms with Crippen LogP contribution in [-0.2, 0) is 17.3 Å². The standard InChI is InChI=1S/C19H28ClN3O3S.HI/c1-3-21-19(23-14-6-5-7-15(10-14)27(24)4-2)22-11-13-8-16(20)18-17(9-13)25-12-26-18;/h8-9,14-15H,3-7,10-12H2,1-2H3,(H2,21,22,23);1H. The minimum atomic E-state index is -0.730. The summed E-state index contributed by atoms with van der Waals surface area (Å²) in [5, 5.41) is 7.65. The number of fused-ring (bicyclic) bond motifs is 1. The Morgan fingerprint density at radius 1 is 1.32 bits per heavy atom. The molecule has 158 valence electrons. The summed E-state index contributed by atoms with van der Waals surface area (Å²) in [7, 11) is -0.730. The molecule has 2 aliphatic rings. The Balaban J connectivity index is 0.00000280. The number of aliphatic imine (C=N–C) groups is 1. The van der Waals surface area contributed by atoms with Gasteiger partial charge in [0.15, 0.2) is 17.5 Å². The predicted octanol–water partition coefficient (Wildman–Crippen LogP) is 3.82. The summed E-state index contributed by atoms with van der Waals surface area (Å²) in [5.41, 5.74) is 0.968. The van der Waals surface area contributed by atoms with Crippen molar-refractivity contribution in [2.45, 2.75) is 57.4 Å². The van der Waals surface area contributed by atoms with E-state index < -0.39 is 10.8 Å². The molecule has 1 aromatic rings. The van der Waals surface area contributed by atoms with Crippen LogP contribution in [0.25, 0.3) is 0 Å². The Morgan fingerprint density at radius 3 is 2.89 bits per heavy atom. The molecule has 1 heterocycles. The maximum Gasteiger partial charge on any atom is 0.231 e. The molecule has 1 saturated carbocycles. The van der Waals surface area contributed by atoms with Crippen LogP contribution in [0.3, 0.4) is 0 Å². The highest BCUT2D eigenvalue weighted by Gasteiger charge is 2.26. The molecule has 3 rings (SSSR count). The second kappa shape index (κ2) is 11.4. The Bertz CT molecular complexity index is 720. The molecule has 0 aromatic heterocycles. The first-order valence-corrected chi connectivity index (χ1v) is 11.4. The van der Waals surface area contributed by atoms with Crippen molar-refractivity contribution in [1.29, 1.82) is 0 Å². The van der Waals surface area contributed by atoms with Gasteiger partial charge in [0.25, 0.3) is 0 Å². The number of halogens is 2. The van der Waals surface area contributed by atoms with Crippen molar-refractivity contribution in [3.05, 3.63) is 22.7 Å². The van der Waals surface area contributed by atoms with Crippen molar-refractivity contribution in [3.63, 3.8) is 0 Å². The van der Waals surface area contributed by atoms with E-state index in [0.29, 0.717) is 29.1 Å². The van der Waals surface area contributed by atoms with Crippen LogP contribution in [0, 0.1) is 0 Å². The monoisotopic (exact) mass is 541 g/mol. The van der Waals surface area contributed by atoms with Gasteiger partial charge in [-0.2, -0.15) is 0 Å². The summed E-state index contributed by atoms with van der Waals surface area (Å²) in [5.74, 6) is 2.78. The normalized spacial score (nSPS) is 22.3. The highest BCUT2D eigenvalue weighted by Crippen LogP contribution is 2.39. The molecule has 3 atom stereocenters. The van der Waals surface area contributed by atoms with Gasteiger partial charge >= 0.3 is 0 Å². The van der Waals surface area contributed by atoms with Crippen LogP contribution in [-0.4, -0.2) is 40.6 Å². The number of nitrogens with one attached hydrogen (secondary N) is 2. The van der Waals surface area contributed by atoms with Crippen molar-refractivity contribution in [1.82, 2.24) is 10.6 Å². The Morgan fingerprint density at radius 2 is 2.14 bits per heavy atom. The van der Waals surface area contributed by atoms with Crippen LogP contribution in [0.15, 0.2) is 17.1 Å². The van der Waals surface area contributed by atoms with E-state index in [0.717, 1.165) is 49.5 Å². The molecule has 1 aliphatic heterocycles. The van der Waals surface area contributed by atoms with E-state index in [1.807, 2.05) is 26.0 Å². The molecule has 0 spiro atoms. The van der Waals surface area contributed by atoms with Gasteiger partial charge in [-0.05, 0) is 43.9 Å². The van der Waals surface area contributed by atoms with Crippen LogP contribution >= 0.6 is 35.6 Å². The zero-order chi connectivity index (χ0) is 19.2. The lowest BCUT2D eigenvalue weighted by Crippen LogP contribution is -2.46. The van der Waals surface area contributed by atoms with E-state index in [1.54, 1.807) is 0 Å². The van der Waals surface area contributed by atoms with Gasteiger partial charge in [0, 0.05) is 34.4 Å². The molecule has 6 nitrogen and oxygen atoms in total. The maximum absolute atomic E-state index is 12.2. The van der Waals surface area contributed by atoms with E-state index in [9.17, 15) is 4.21 Å². The van der Waals surface area contributed by atoms with Crippen molar-refractivity contribution >= 4 is 52.3 Å². The molecular formula is C19H29ClIN3O3S. The molecule has 1 fully saturated rings. The van der Waals surface area contributed by atoms with Gasteiger partial charge in [0.05, 0.1) is 11.6 Å². The van der Waals surface area contributed by atoms with Gasteiger partial charge in [0.2, 0.25) is 6.79 Å². The lowest BCUT2D eigenvalue weighted by molar-refractivity contribution is 0.174. The van der Waals surface area contributed by atoms with Crippen molar-refractivity contribution in [2.24, 2.45) is 4.99 Å². The third-order valence-corrected chi connectivity index (χ3v) is 6.90. The highest BCUT2D eigenvalue weighted by atomic mass is 127. The summed E-state index contributed by atoms with van der Waals surface area (Å²) in [6.07, 6.45) is 4.17. The fourth-order valence-electron chi connectivity index (χ4n) is 3.55. The molecule has 1 aliphatic carbocycles. The van der Waals surface area contributed by atoms with Gasteiger partial charge < -0.3 is 20.1 Å². The van der Waals surface area contributed by atoms with Gasteiger partial charge in [-0.15, -0.1) is 24.0 Å². The predicted molar refractivity (Wildman–Crippen MR) is 126 cm³/mol. The molecule has 0 radical (unpaired) electrons. The van der Waals surface area contributed by atoms with Gasteiger partial charge in [-0.25, -0.2) is 4.99 Å². The Hall–Kier alpha value is -0.740. The topological polar surface area (TPSA) is 72.0 Å². The second-order valence-corrected chi connectivity index (χ2v) is 9.22. The van der Waals surface area contributed by atoms with Crippen LogP contribution in [0.2, 0.25) is 5.02 Å². The number of guanidine groups is 1. The van der Waals surface area contributed by atoms with Crippen molar-refractivity contribution in [3.8, 4) is 11.5 Å². The second-order valence-electron chi connectivity index (χ2n) is 6.81. The van der Waals surface area contributed by atoms with Crippen molar-refractivity contribution < 1.29 is 13.7 Å². The fraction of sp³-hybridized carbons (Fsp3) is 0.632. The molecular weight excluding hydrogens is 513 g/mol. The van der Waals surface area contributed by atoms with E-state index in [2.05, 4.69) is 10.6 Å². The SMILES string of the molecule is CCNC(=NCc1cc(Cl)c2c(c1)OCO2)NC1CCCC(S(=O)CC)C1.I. The molecule has 0 amide bonds. The average Bonchev–Trinajstić information content (AvgIpc) is 3.15. The van der Waals surface area contributed by atoms with E-state index in [1.165, 1.54) is 0 Å². The highest BCUT2D eigenvalue weighted by molar-refractivity contribution is 14.0. The first kappa shape index (κ1) is 23.5. The van der Waals surface area contributed by atoms with Crippen LogP contribution in [0.4, 0.5) is 0 Å². The third kappa shape index (κ3) is 6.13. The quantitative estimate of drug-likeness (QED) is 0.325. The Kier molecular flexibility index (Phi) is 9.62. The number of rotatable bonds is 6. The number of hydrogen-bond donors (Lipinski definition) is 2. The summed E-state index contributed by atoms with van der Waals surface area (Å²) >= 11 is 6.25. The lowest BCUT2D eigenvalue weighted by atomic mass is 9.95. The van der Waals surface area contributed by atoms with E-state index in [4.69, 9.17) is 26.1 Å². The van der Waals surface area contributed by atoms with Crippen LogP contribution in [0.1, 0.15) is 45.1 Å². The summed E-state index contributed by atoms with van der Waals surface area (Å²) in [6, 6.07) is 4.09. The van der Waals surface area contributed by atoms with Gasteiger partial charge in [-0.3, -0.25) is 4.21 Å². The number of hydrogen-bond acceptors (Lipinski definition) is 4. The smallest absolute Gasteiger partial charge is 0.231 e. The summed E-state index contributed by atoms with van der Waals surface area (Å²) in [4.78, 5) is 4.70. The summed E-state index contributed by atoms with van der Waals surface area (Å²) in [6.45, 7) is 5.51. The zero-order valence-electron chi connectivity index (χ0n) is 16.3. The largest absolute Gasteiger partial charge is 0.454 e. The van der Waals surface area contributed by atoms with E-state index in [-0.39, 0.29) is 36.0 Å². The number of benzene rings is 1.